The number of halogens is 2. The minimum Gasteiger partial charge on any atom is -0.388 e. The van der Waals surface area contributed by atoms with Crippen LogP contribution >= 0.6 is 0 Å². The summed E-state index contributed by atoms with van der Waals surface area (Å²) in [6.45, 7) is 1.64. The molecule has 0 radical (unpaired) electrons. The van der Waals surface area contributed by atoms with Crippen LogP contribution in [0.2, 0.25) is 0 Å². The Morgan fingerprint density at radius 1 is 1.50 bits per heavy atom. The van der Waals surface area contributed by atoms with Crippen molar-refractivity contribution in [1.82, 2.24) is 0 Å². The van der Waals surface area contributed by atoms with Gasteiger partial charge in [0.15, 0.2) is 0 Å². The zero-order chi connectivity index (χ0) is 9.41. The van der Waals surface area contributed by atoms with E-state index in [4.69, 9.17) is 5.73 Å². The molecule has 0 spiro atoms. The number of aliphatic hydroxyl groups is 1. The van der Waals surface area contributed by atoms with Gasteiger partial charge in [0.05, 0.1) is 5.60 Å². The van der Waals surface area contributed by atoms with Gasteiger partial charge in [0.25, 0.3) is 5.92 Å². The van der Waals surface area contributed by atoms with E-state index in [1.165, 1.54) is 0 Å². The topological polar surface area (TPSA) is 46.2 Å². The first-order valence-corrected chi connectivity index (χ1v) is 4.17. The predicted molar refractivity (Wildman–Crippen MR) is 42.0 cm³/mol. The maximum absolute atomic E-state index is 12.9. The Morgan fingerprint density at radius 3 is 2.50 bits per heavy atom. The lowest BCUT2D eigenvalue weighted by Crippen LogP contribution is -2.48. The van der Waals surface area contributed by atoms with Crippen LogP contribution in [0.3, 0.4) is 0 Å². The van der Waals surface area contributed by atoms with Crippen LogP contribution in [-0.2, 0) is 0 Å². The molecule has 0 aromatic rings. The first-order chi connectivity index (χ1) is 5.37. The summed E-state index contributed by atoms with van der Waals surface area (Å²) in [5.74, 6) is -2.89. The standard InChI is InChI=1S/C8H15F2NO/c1-6-2-7(12,5-11)4-8(9,10)3-6/h6,12H,2-5,11H2,1H3. The Labute approximate surface area is 70.8 Å². The first kappa shape index (κ1) is 9.86. The van der Waals surface area contributed by atoms with Crippen molar-refractivity contribution in [2.45, 2.75) is 37.7 Å². The molecule has 4 heteroatoms. The van der Waals surface area contributed by atoms with Gasteiger partial charge in [0.1, 0.15) is 0 Å². The number of nitrogens with two attached hydrogens (primary N) is 1. The fraction of sp³-hybridized carbons (Fsp3) is 1.00. The molecule has 0 heterocycles. The van der Waals surface area contributed by atoms with Gasteiger partial charge in [-0.15, -0.1) is 0 Å². The van der Waals surface area contributed by atoms with E-state index < -0.39 is 17.9 Å². The second-order valence-electron chi connectivity index (χ2n) is 3.97. The first-order valence-electron chi connectivity index (χ1n) is 4.17. The average Bonchev–Trinajstić information content (AvgIpc) is 1.82. The highest BCUT2D eigenvalue weighted by atomic mass is 19.3. The second-order valence-corrected chi connectivity index (χ2v) is 3.97. The molecular weight excluding hydrogens is 164 g/mol. The third kappa shape index (κ3) is 2.14. The third-order valence-corrected chi connectivity index (χ3v) is 2.34. The van der Waals surface area contributed by atoms with E-state index in [9.17, 15) is 13.9 Å². The van der Waals surface area contributed by atoms with Gasteiger partial charge in [0, 0.05) is 19.4 Å². The molecule has 12 heavy (non-hydrogen) atoms. The van der Waals surface area contributed by atoms with E-state index in [1.807, 2.05) is 0 Å². The molecule has 0 aromatic carbocycles. The molecule has 2 unspecified atom stereocenters. The minimum absolute atomic E-state index is 0.0765. The molecule has 1 rings (SSSR count). The zero-order valence-corrected chi connectivity index (χ0v) is 7.19. The lowest BCUT2D eigenvalue weighted by atomic mass is 9.77. The Balaban J connectivity index is 2.70. The van der Waals surface area contributed by atoms with Crippen LogP contribution in [-0.4, -0.2) is 23.2 Å². The number of rotatable bonds is 1. The SMILES string of the molecule is CC1CC(F)(F)CC(O)(CN)C1. The van der Waals surface area contributed by atoms with Gasteiger partial charge in [-0.05, 0) is 12.3 Å². The summed E-state index contributed by atoms with van der Waals surface area (Å²) in [6.07, 6.45) is -0.227. The van der Waals surface area contributed by atoms with Crippen LogP contribution in [0.1, 0.15) is 26.2 Å². The van der Waals surface area contributed by atoms with Crippen molar-refractivity contribution in [3.05, 3.63) is 0 Å². The second kappa shape index (κ2) is 2.92. The highest BCUT2D eigenvalue weighted by Gasteiger charge is 2.46. The van der Waals surface area contributed by atoms with Crippen molar-refractivity contribution in [2.75, 3.05) is 6.54 Å². The summed E-state index contributed by atoms with van der Waals surface area (Å²) in [7, 11) is 0. The van der Waals surface area contributed by atoms with Gasteiger partial charge in [-0.1, -0.05) is 6.92 Å². The van der Waals surface area contributed by atoms with Gasteiger partial charge in [-0.3, -0.25) is 0 Å². The van der Waals surface area contributed by atoms with E-state index >= 15 is 0 Å². The molecule has 1 aliphatic carbocycles. The van der Waals surface area contributed by atoms with E-state index in [0.717, 1.165) is 0 Å². The molecule has 0 saturated heterocycles. The van der Waals surface area contributed by atoms with Gasteiger partial charge in [-0.25, -0.2) is 8.78 Å². The maximum atomic E-state index is 12.9. The van der Waals surface area contributed by atoms with Crippen LogP contribution in [0.25, 0.3) is 0 Å². The van der Waals surface area contributed by atoms with E-state index in [-0.39, 0.29) is 18.9 Å². The van der Waals surface area contributed by atoms with Gasteiger partial charge in [-0.2, -0.15) is 0 Å². The normalized spacial score (nSPS) is 41.2. The van der Waals surface area contributed by atoms with Gasteiger partial charge in [0.2, 0.25) is 0 Å². The zero-order valence-electron chi connectivity index (χ0n) is 7.19. The summed E-state index contributed by atoms with van der Waals surface area (Å²) in [5.41, 5.74) is 3.89. The van der Waals surface area contributed by atoms with Crippen LogP contribution in [0.5, 0.6) is 0 Å². The molecule has 1 saturated carbocycles. The van der Waals surface area contributed by atoms with E-state index in [1.54, 1.807) is 6.92 Å². The lowest BCUT2D eigenvalue weighted by Gasteiger charge is -2.39. The smallest absolute Gasteiger partial charge is 0.251 e. The van der Waals surface area contributed by atoms with Gasteiger partial charge >= 0.3 is 0 Å². The predicted octanol–water partition coefficient (Wildman–Crippen LogP) is 1.13. The van der Waals surface area contributed by atoms with Crippen molar-refractivity contribution in [1.29, 1.82) is 0 Å². The van der Waals surface area contributed by atoms with Gasteiger partial charge < -0.3 is 10.8 Å². The summed E-state index contributed by atoms with van der Waals surface area (Å²) >= 11 is 0. The molecule has 1 fully saturated rings. The van der Waals surface area contributed by atoms with Crippen molar-refractivity contribution in [3.8, 4) is 0 Å². The molecule has 2 atom stereocenters. The van der Waals surface area contributed by atoms with Crippen molar-refractivity contribution < 1.29 is 13.9 Å². The lowest BCUT2D eigenvalue weighted by molar-refractivity contribution is -0.135. The Kier molecular flexibility index (Phi) is 2.40. The van der Waals surface area contributed by atoms with Crippen LogP contribution in [0.15, 0.2) is 0 Å². The molecule has 1 aliphatic rings. The largest absolute Gasteiger partial charge is 0.388 e. The number of hydrogen-bond donors (Lipinski definition) is 2. The quantitative estimate of drug-likeness (QED) is 0.634. The van der Waals surface area contributed by atoms with E-state index in [2.05, 4.69) is 0 Å². The van der Waals surface area contributed by atoms with Crippen LogP contribution < -0.4 is 5.73 Å². The summed E-state index contributed by atoms with van der Waals surface area (Å²) < 4.78 is 25.8. The molecule has 3 N–H and O–H groups in total. The molecule has 0 amide bonds. The van der Waals surface area contributed by atoms with Crippen LogP contribution in [0, 0.1) is 5.92 Å². The Morgan fingerprint density at radius 2 is 2.08 bits per heavy atom. The summed E-state index contributed by atoms with van der Waals surface area (Å²) in [4.78, 5) is 0. The van der Waals surface area contributed by atoms with Crippen molar-refractivity contribution in [3.63, 3.8) is 0 Å². The molecule has 0 aliphatic heterocycles. The Hall–Kier alpha value is -0.220. The van der Waals surface area contributed by atoms with E-state index in [0.29, 0.717) is 6.42 Å². The fourth-order valence-electron chi connectivity index (χ4n) is 2.01. The molecule has 72 valence electrons. The van der Waals surface area contributed by atoms with Crippen molar-refractivity contribution in [2.24, 2.45) is 11.7 Å². The molecule has 0 bridgehead atoms. The van der Waals surface area contributed by atoms with Crippen LogP contribution in [0.4, 0.5) is 8.78 Å². The summed E-state index contributed by atoms with van der Waals surface area (Å²) in [5, 5.41) is 9.58. The fourth-order valence-corrected chi connectivity index (χ4v) is 2.01. The Bertz CT molecular complexity index is 174. The number of hydrogen-bond acceptors (Lipinski definition) is 2. The molecule has 2 nitrogen and oxygen atoms in total. The molecular formula is C8H15F2NO. The monoisotopic (exact) mass is 179 g/mol. The number of alkyl halides is 2. The highest BCUT2D eigenvalue weighted by Crippen LogP contribution is 2.41. The molecule has 0 aromatic heterocycles. The third-order valence-electron chi connectivity index (χ3n) is 2.34. The average molecular weight is 179 g/mol. The minimum atomic E-state index is -2.74. The van der Waals surface area contributed by atoms with Crippen molar-refractivity contribution >= 4 is 0 Å². The highest BCUT2D eigenvalue weighted by molar-refractivity contribution is 4.93. The summed E-state index contributed by atoms with van der Waals surface area (Å²) in [6, 6.07) is 0. The maximum Gasteiger partial charge on any atom is 0.251 e.